The van der Waals surface area contributed by atoms with Crippen molar-refractivity contribution in [1.29, 1.82) is 0 Å². The van der Waals surface area contributed by atoms with Crippen molar-refractivity contribution in [1.82, 2.24) is 14.5 Å². The zero-order valence-corrected chi connectivity index (χ0v) is 11.9. The molecule has 6 heteroatoms. The van der Waals surface area contributed by atoms with E-state index in [2.05, 4.69) is 9.97 Å². The SMILES string of the molecule is O=c1c2cc[nH]c2nc(SC2CC2)n1-c1ccc(O)cc1. The highest BCUT2D eigenvalue weighted by atomic mass is 32.2. The zero-order chi connectivity index (χ0) is 14.4. The Labute approximate surface area is 124 Å². The number of rotatable bonds is 3. The van der Waals surface area contributed by atoms with Gasteiger partial charge in [-0.1, -0.05) is 11.8 Å². The van der Waals surface area contributed by atoms with Crippen molar-refractivity contribution in [2.45, 2.75) is 23.2 Å². The Kier molecular flexibility index (Phi) is 2.78. The molecule has 21 heavy (non-hydrogen) atoms. The molecule has 1 aliphatic rings. The van der Waals surface area contributed by atoms with Crippen LogP contribution in [-0.2, 0) is 0 Å². The Hall–Kier alpha value is -2.21. The fourth-order valence-electron chi connectivity index (χ4n) is 2.22. The lowest BCUT2D eigenvalue weighted by Gasteiger charge is -2.11. The fraction of sp³-hybridized carbons (Fsp3) is 0.200. The van der Waals surface area contributed by atoms with Crippen LogP contribution < -0.4 is 5.56 Å². The molecule has 0 unspecified atom stereocenters. The van der Waals surface area contributed by atoms with Crippen molar-refractivity contribution in [2.24, 2.45) is 0 Å². The number of aromatic hydroxyl groups is 1. The van der Waals surface area contributed by atoms with Gasteiger partial charge < -0.3 is 10.1 Å². The molecule has 1 aliphatic carbocycles. The van der Waals surface area contributed by atoms with Crippen LogP contribution in [0.15, 0.2) is 46.5 Å². The van der Waals surface area contributed by atoms with E-state index >= 15 is 0 Å². The van der Waals surface area contributed by atoms with Gasteiger partial charge in [0, 0.05) is 11.4 Å². The molecule has 4 rings (SSSR count). The van der Waals surface area contributed by atoms with Crippen LogP contribution in [0.4, 0.5) is 0 Å². The number of thioether (sulfide) groups is 1. The van der Waals surface area contributed by atoms with Gasteiger partial charge in [0.1, 0.15) is 11.4 Å². The average molecular weight is 299 g/mol. The van der Waals surface area contributed by atoms with Gasteiger partial charge in [-0.3, -0.25) is 9.36 Å². The highest BCUT2D eigenvalue weighted by Crippen LogP contribution is 2.38. The number of aromatic amines is 1. The number of fused-ring (bicyclic) bond motifs is 1. The Morgan fingerprint density at radius 1 is 1.24 bits per heavy atom. The molecule has 0 amide bonds. The molecular weight excluding hydrogens is 286 g/mol. The first-order chi connectivity index (χ1) is 10.2. The number of phenols is 1. The summed E-state index contributed by atoms with van der Waals surface area (Å²) in [6.07, 6.45) is 4.06. The van der Waals surface area contributed by atoms with Gasteiger partial charge in [0.15, 0.2) is 5.16 Å². The largest absolute Gasteiger partial charge is 0.508 e. The monoisotopic (exact) mass is 299 g/mol. The summed E-state index contributed by atoms with van der Waals surface area (Å²) < 4.78 is 1.62. The minimum absolute atomic E-state index is 0.0879. The normalized spacial score (nSPS) is 14.7. The quantitative estimate of drug-likeness (QED) is 0.729. The molecule has 0 saturated heterocycles. The van der Waals surface area contributed by atoms with Gasteiger partial charge in [-0.25, -0.2) is 4.98 Å². The molecule has 0 spiro atoms. The highest BCUT2D eigenvalue weighted by Gasteiger charge is 2.26. The second kappa shape index (κ2) is 4.66. The van der Waals surface area contributed by atoms with Crippen molar-refractivity contribution in [3.8, 4) is 11.4 Å². The van der Waals surface area contributed by atoms with Crippen molar-refractivity contribution >= 4 is 22.8 Å². The van der Waals surface area contributed by atoms with E-state index in [4.69, 9.17) is 0 Å². The van der Waals surface area contributed by atoms with Gasteiger partial charge in [0.05, 0.1) is 11.1 Å². The molecule has 0 radical (unpaired) electrons. The van der Waals surface area contributed by atoms with Crippen LogP contribution in [0.5, 0.6) is 5.75 Å². The van der Waals surface area contributed by atoms with Crippen LogP contribution in [0.25, 0.3) is 16.7 Å². The van der Waals surface area contributed by atoms with Crippen molar-refractivity contribution in [3.63, 3.8) is 0 Å². The molecule has 2 aromatic heterocycles. The summed E-state index contributed by atoms with van der Waals surface area (Å²) in [6, 6.07) is 8.36. The van der Waals surface area contributed by atoms with Gasteiger partial charge in [0.2, 0.25) is 0 Å². The van der Waals surface area contributed by atoms with Gasteiger partial charge in [-0.05, 0) is 43.2 Å². The van der Waals surface area contributed by atoms with E-state index in [9.17, 15) is 9.90 Å². The van der Waals surface area contributed by atoms with Gasteiger partial charge in [-0.15, -0.1) is 0 Å². The minimum Gasteiger partial charge on any atom is -0.508 e. The lowest BCUT2D eigenvalue weighted by molar-refractivity contribution is 0.475. The number of nitrogens with one attached hydrogen (secondary N) is 1. The predicted molar refractivity (Wildman–Crippen MR) is 82.2 cm³/mol. The lowest BCUT2D eigenvalue weighted by Crippen LogP contribution is -2.21. The molecule has 0 bridgehead atoms. The van der Waals surface area contributed by atoms with E-state index in [1.54, 1.807) is 52.9 Å². The minimum atomic E-state index is -0.0879. The van der Waals surface area contributed by atoms with Crippen LogP contribution in [0, 0.1) is 0 Å². The number of phenolic OH excluding ortho intramolecular Hbond substituents is 1. The Balaban J connectivity index is 1.96. The van der Waals surface area contributed by atoms with Gasteiger partial charge in [-0.2, -0.15) is 0 Å². The van der Waals surface area contributed by atoms with Crippen LogP contribution in [0.3, 0.4) is 0 Å². The smallest absolute Gasteiger partial charge is 0.268 e. The van der Waals surface area contributed by atoms with Crippen LogP contribution in [0.1, 0.15) is 12.8 Å². The summed E-state index contributed by atoms with van der Waals surface area (Å²) >= 11 is 1.64. The van der Waals surface area contributed by atoms with E-state index in [0.29, 0.717) is 21.4 Å². The lowest BCUT2D eigenvalue weighted by atomic mass is 10.3. The van der Waals surface area contributed by atoms with E-state index in [1.165, 1.54) is 12.8 Å². The number of benzene rings is 1. The van der Waals surface area contributed by atoms with Gasteiger partial charge >= 0.3 is 0 Å². The Bertz CT molecular complexity index is 863. The number of hydrogen-bond donors (Lipinski definition) is 2. The molecule has 106 valence electrons. The van der Waals surface area contributed by atoms with E-state index in [1.807, 2.05) is 0 Å². The second-order valence-corrected chi connectivity index (χ2v) is 6.38. The maximum absolute atomic E-state index is 12.7. The highest BCUT2D eigenvalue weighted by molar-refractivity contribution is 8.00. The third-order valence-electron chi connectivity index (χ3n) is 3.46. The van der Waals surface area contributed by atoms with Crippen molar-refractivity contribution < 1.29 is 5.11 Å². The summed E-state index contributed by atoms with van der Waals surface area (Å²) in [6.45, 7) is 0. The average Bonchev–Trinajstić information content (AvgIpc) is 3.15. The molecule has 0 aliphatic heterocycles. The summed E-state index contributed by atoms with van der Waals surface area (Å²) in [5.41, 5.74) is 1.25. The number of H-pyrrole nitrogens is 1. The molecule has 1 saturated carbocycles. The van der Waals surface area contributed by atoms with Crippen LogP contribution in [-0.4, -0.2) is 24.9 Å². The summed E-state index contributed by atoms with van der Waals surface area (Å²) in [4.78, 5) is 20.3. The van der Waals surface area contributed by atoms with E-state index in [0.717, 1.165) is 5.69 Å². The first-order valence-electron chi connectivity index (χ1n) is 6.78. The first-order valence-corrected chi connectivity index (χ1v) is 7.66. The standard InChI is InChI=1S/C15H13N3O2S/c19-10-3-1-9(2-4-10)18-14(20)12-7-8-16-13(12)17-15(18)21-11-5-6-11/h1-4,7-8,11,16,19H,5-6H2. The van der Waals surface area contributed by atoms with Crippen molar-refractivity contribution in [2.75, 3.05) is 0 Å². The number of hydrogen-bond acceptors (Lipinski definition) is 4. The molecule has 2 heterocycles. The number of nitrogens with zero attached hydrogens (tertiary/aromatic N) is 2. The summed E-state index contributed by atoms with van der Waals surface area (Å²) in [7, 11) is 0. The molecule has 3 aromatic rings. The molecule has 2 N–H and O–H groups in total. The first kappa shape index (κ1) is 12.5. The third kappa shape index (κ3) is 2.21. The molecule has 1 fully saturated rings. The molecule has 5 nitrogen and oxygen atoms in total. The molecule has 0 atom stereocenters. The predicted octanol–water partition coefficient (Wildman–Crippen LogP) is 2.67. The summed E-state index contributed by atoms with van der Waals surface area (Å²) in [5, 5.41) is 11.2. The maximum Gasteiger partial charge on any atom is 0.268 e. The maximum atomic E-state index is 12.7. The van der Waals surface area contributed by atoms with Gasteiger partial charge in [0.25, 0.3) is 5.56 Å². The molecule has 1 aromatic carbocycles. The van der Waals surface area contributed by atoms with E-state index in [-0.39, 0.29) is 11.3 Å². The summed E-state index contributed by atoms with van der Waals surface area (Å²) in [5.74, 6) is 0.180. The Morgan fingerprint density at radius 3 is 2.71 bits per heavy atom. The fourth-order valence-corrected chi connectivity index (χ4v) is 3.33. The van der Waals surface area contributed by atoms with E-state index < -0.39 is 0 Å². The van der Waals surface area contributed by atoms with Crippen LogP contribution >= 0.6 is 11.8 Å². The number of aromatic nitrogens is 3. The topological polar surface area (TPSA) is 70.9 Å². The molecular formula is C15H13N3O2S. The third-order valence-corrected chi connectivity index (χ3v) is 4.75. The second-order valence-electron chi connectivity index (χ2n) is 5.11. The van der Waals surface area contributed by atoms with Crippen LogP contribution in [0.2, 0.25) is 0 Å². The van der Waals surface area contributed by atoms with Crippen molar-refractivity contribution in [3.05, 3.63) is 46.9 Å². The Morgan fingerprint density at radius 2 is 2.00 bits per heavy atom. The zero-order valence-electron chi connectivity index (χ0n) is 11.1.